The molecule has 2 nitrogen and oxygen atoms in total. The molecule has 0 bridgehead atoms. The number of ketones is 1. The molecule has 0 saturated carbocycles. The van der Waals surface area contributed by atoms with Gasteiger partial charge < -0.3 is 4.74 Å². The average Bonchev–Trinajstić information content (AvgIpc) is 2.27. The third-order valence-corrected chi connectivity index (χ3v) is 2.29. The largest absolute Gasteiger partial charge is 0.493 e. The molecule has 0 aliphatic carbocycles. The highest BCUT2D eigenvalue weighted by Gasteiger charge is 2.06. The lowest BCUT2D eigenvalue weighted by Gasteiger charge is -2.10. The Labute approximate surface area is 96.9 Å². The third-order valence-electron chi connectivity index (χ3n) is 2.29. The van der Waals surface area contributed by atoms with E-state index < -0.39 is 0 Å². The predicted octanol–water partition coefficient (Wildman–Crippen LogP) is 3.41. The van der Waals surface area contributed by atoms with Crippen LogP contribution in [0.25, 0.3) is 0 Å². The molecular weight excluding hydrogens is 200 g/mol. The first-order valence-corrected chi connectivity index (χ1v) is 5.56. The number of ether oxygens (including phenoxy) is 1. The highest BCUT2D eigenvalue weighted by Crippen LogP contribution is 2.21. The molecule has 1 aromatic carbocycles. The van der Waals surface area contributed by atoms with Gasteiger partial charge in [-0.2, -0.15) is 0 Å². The van der Waals surface area contributed by atoms with Crippen molar-refractivity contribution in [3.63, 3.8) is 0 Å². The molecule has 0 N–H and O–H groups in total. The first-order valence-electron chi connectivity index (χ1n) is 5.56. The molecule has 0 aromatic heterocycles. The van der Waals surface area contributed by atoms with E-state index >= 15 is 0 Å². The lowest BCUT2D eigenvalue weighted by Crippen LogP contribution is -2.01. The van der Waals surface area contributed by atoms with E-state index in [1.807, 2.05) is 18.2 Å². The first-order chi connectivity index (χ1) is 7.69. The Balaban J connectivity index is 2.98. The second-order valence-corrected chi connectivity index (χ2v) is 3.72. The van der Waals surface area contributed by atoms with E-state index in [1.165, 1.54) is 0 Å². The Kier molecular flexibility index (Phi) is 4.77. The Morgan fingerprint density at radius 1 is 1.50 bits per heavy atom. The molecule has 0 amide bonds. The summed E-state index contributed by atoms with van der Waals surface area (Å²) in [6.45, 7) is 8.05. The Morgan fingerprint density at radius 3 is 2.81 bits per heavy atom. The van der Waals surface area contributed by atoms with Crippen molar-refractivity contribution in [3.8, 4) is 5.75 Å². The minimum absolute atomic E-state index is 0.0763. The standard InChI is InChI=1S/C14H18O2/c1-4-6-13-10-12(11(3)15)7-8-14(13)16-9-5-2/h4,7-8,10H,1,5-6,9H2,2-3H3. The van der Waals surface area contributed by atoms with Crippen LogP contribution in [0, 0.1) is 0 Å². The fourth-order valence-electron chi connectivity index (χ4n) is 1.47. The number of benzene rings is 1. The molecule has 16 heavy (non-hydrogen) atoms. The van der Waals surface area contributed by atoms with Crippen molar-refractivity contribution in [1.82, 2.24) is 0 Å². The topological polar surface area (TPSA) is 26.3 Å². The van der Waals surface area contributed by atoms with E-state index in [0.717, 1.165) is 29.7 Å². The zero-order valence-corrected chi connectivity index (χ0v) is 9.95. The second kappa shape index (κ2) is 6.11. The van der Waals surface area contributed by atoms with Gasteiger partial charge in [-0.05, 0) is 43.5 Å². The zero-order valence-electron chi connectivity index (χ0n) is 9.95. The van der Waals surface area contributed by atoms with Gasteiger partial charge in [0.15, 0.2) is 5.78 Å². The maximum Gasteiger partial charge on any atom is 0.159 e. The van der Waals surface area contributed by atoms with E-state index in [0.29, 0.717) is 6.61 Å². The van der Waals surface area contributed by atoms with Gasteiger partial charge in [-0.15, -0.1) is 6.58 Å². The molecule has 0 aliphatic rings. The third kappa shape index (κ3) is 3.23. The number of carbonyl (C=O) groups is 1. The average molecular weight is 218 g/mol. The van der Waals surface area contributed by atoms with Crippen molar-refractivity contribution in [1.29, 1.82) is 0 Å². The van der Waals surface area contributed by atoms with E-state index in [2.05, 4.69) is 13.5 Å². The summed E-state index contributed by atoms with van der Waals surface area (Å²) in [4.78, 5) is 11.3. The van der Waals surface area contributed by atoms with Gasteiger partial charge in [0, 0.05) is 5.56 Å². The molecule has 0 radical (unpaired) electrons. The molecule has 0 unspecified atom stereocenters. The number of hydrogen-bond donors (Lipinski definition) is 0. The van der Waals surface area contributed by atoms with Crippen molar-refractivity contribution >= 4 is 5.78 Å². The Bertz CT molecular complexity index is 380. The molecule has 0 saturated heterocycles. The number of carbonyl (C=O) groups excluding carboxylic acids is 1. The van der Waals surface area contributed by atoms with Gasteiger partial charge in [0.05, 0.1) is 6.61 Å². The molecule has 0 spiro atoms. The predicted molar refractivity (Wildman–Crippen MR) is 66.1 cm³/mol. The summed E-state index contributed by atoms with van der Waals surface area (Å²) in [6.07, 6.45) is 3.51. The first kappa shape index (κ1) is 12.5. The normalized spacial score (nSPS) is 9.88. The molecular formula is C14H18O2. The maximum absolute atomic E-state index is 11.3. The van der Waals surface area contributed by atoms with Gasteiger partial charge >= 0.3 is 0 Å². The van der Waals surface area contributed by atoms with Crippen LogP contribution >= 0.6 is 0 Å². The lowest BCUT2D eigenvalue weighted by atomic mass is 10.0. The molecule has 1 aromatic rings. The van der Waals surface area contributed by atoms with Crippen molar-refractivity contribution in [2.45, 2.75) is 26.7 Å². The molecule has 86 valence electrons. The van der Waals surface area contributed by atoms with Crippen LogP contribution in [0.3, 0.4) is 0 Å². The summed E-state index contributed by atoms with van der Waals surface area (Å²) in [5, 5.41) is 0. The summed E-state index contributed by atoms with van der Waals surface area (Å²) in [5.41, 5.74) is 1.75. The van der Waals surface area contributed by atoms with Crippen LogP contribution in [-0.2, 0) is 6.42 Å². The number of allylic oxidation sites excluding steroid dienone is 1. The van der Waals surface area contributed by atoms with E-state index in [-0.39, 0.29) is 5.78 Å². The van der Waals surface area contributed by atoms with Crippen LogP contribution in [0.1, 0.15) is 36.2 Å². The SMILES string of the molecule is C=CCc1cc(C(C)=O)ccc1OCCC. The van der Waals surface area contributed by atoms with E-state index in [9.17, 15) is 4.79 Å². The molecule has 0 atom stereocenters. The molecule has 0 aliphatic heterocycles. The molecule has 1 rings (SSSR count). The monoisotopic (exact) mass is 218 g/mol. The van der Waals surface area contributed by atoms with Crippen LogP contribution in [-0.4, -0.2) is 12.4 Å². The van der Waals surface area contributed by atoms with Gasteiger partial charge in [-0.3, -0.25) is 4.79 Å². The van der Waals surface area contributed by atoms with E-state index in [4.69, 9.17) is 4.74 Å². The minimum Gasteiger partial charge on any atom is -0.493 e. The van der Waals surface area contributed by atoms with Crippen molar-refractivity contribution in [2.24, 2.45) is 0 Å². The maximum atomic E-state index is 11.3. The second-order valence-electron chi connectivity index (χ2n) is 3.72. The van der Waals surface area contributed by atoms with Gasteiger partial charge in [0.25, 0.3) is 0 Å². The van der Waals surface area contributed by atoms with Crippen LogP contribution in [0.15, 0.2) is 30.9 Å². The quantitative estimate of drug-likeness (QED) is 0.540. The highest BCUT2D eigenvalue weighted by atomic mass is 16.5. The van der Waals surface area contributed by atoms with Crippen LogP contribution in [0.5, 0.6) is 5.75 Å². The zero-order chi connectivity index (χ0) is 12.0. The Hall–Kier alpha value is -1.57. The van der Waals surface area contributed by atoms with Gasteiger partial charge in [-0.25, -0.2) is 0 Å². The van der Waals surface area contributed by atoms with Crippen LogP contribution in [0.2, 0.25) is 0 Å². The fourth-order valence-corrected chi connectivity index (χ4v) is 1.47. The number of rotatable bonds is 6. The van der Waals surface area contributed by atoms with Crippen LogP contribution < -0.4 is 4.74 Å². The Morgan fingerprint density at radius 2 is 2.25 bits per heavy atom. The van der Waals surface area contributed by atoms with Crippen LogP contribution in [0.4, 0.5) is 0 Å². The van der Waals surface area contributed by atoms with Gasteiger partial charge in [0.1, 0.15) is 5.75 Å². The molecule has 0 fully saturated rings. The van der Waals surface area contributed by atoms with Crippen molar-refractivity contribution < 1.29 is 9.53 Å². The summed E-state index contributed by atoms with van der Waals surface area (Å²) < 4.78 is 5.61. The van der Waals surface area contributed by atoms with E-state index in [1.54, 1.807) is 13.0 Å². The lowest BCUT2D eigenvalue weighted by molar-refractivity contribution is 0.101. The number of hydrogen-bond acceptors (Lipinski definition) is 2. The van der Waals surface area contributed by atoms with Crippen molar-refractivity contribution in [2.75, 3.05) is 6.61 Å². The summed E-state index contributed by atoms with van der Waals surface area (Å²) in [7, 11) is 0. The fraction of sp³-hybridized carbons (Fsp3) is 0.357. The minimum atomic E-state index is 0.0763. The summed E-state index contributed by atoms with van der Waals surface area (Å²) >= 11 is 0. The summed E-state index contributed by atoms with van der Waals surface area (Å²) in [6, 6.07) is 5.56. The van der Waals surface area contributed by atoms with Gasteiger partial charge in [-0.1, -0.05) is 13.0 Å². The van der Waals surface area contributed by atoms with Gasteiger partial charge in [0.2, 0.25) is 0 Å². The summed E-state index contributed by atoms with van der Waals surface area (Å²) in [5.74, 6) is 0.930. The molecule has 0 heterocycles. The smallest absolute Gasteiger partial charge is 0.159 e. The molecule has 2 heteroatoms. The highest BCUT2D eigenvalue weighted by molar-refractivity contribution is 5.94. The van der Waals surface area contributed by atoms with Crippen molar-refractivity contribution in [3.05, 3.63) is 42.0 Å². The number of Topliss-reactive ketones (excluding diaryl/α,β-unsaturated/α-hetero) is 1.